The van der Waals surface area contributed by atoms with E-state index in [1.807, 2.05) is 0 Å². The first kappa shape index (κ1) is 16.2. The Kier molecular flexibility index (Phi) is 4.21. The predicted molar refractivity (Wildman–Crippen MR) is 84.5 cm³/mol. The third-order valence-electron chi connectivity index (χ3n) is 3.36. The number of nitrogens with zero attached hydrogens (tertiary/aromatic N) is 3. The van der Waals surface area contributed by atoms with Crippen LogP contribution in [0.5, 0.6) is 0 Å². The van der Waals surface area contributed by atoms with Crippen molar-refractivity contribution in [1.29, 1.82) is 0 Å². The molecule has 25 heavy (non-hydrogen) atoms. The summed E-state index contributed by atoms with van der Waals surface area (Å²) in [6.07, 6.45) is 3.25. The minimum atomic E-state index is -1.32. The molecule has 1 N–H and O–H groups in total. The van der Waals surface area contributed by atoms with Crippen molar-refractivity contribution in [1.82, 2.24) is 9.78 Å². The van der Waals surface area contributed by atoms with E-state index in [1.54, 1.807) is 30.6 Å². The molecule has 0 saturated carbocycles. The third-order valence-corrected chi connectivity index (χ3v) is 3.36. The number of anilines is 1. The Labute approximate surface area is 139 Å². The number of nitrogens with one attached hydrogen (secondary N) is 1. The van der Waals surface area contributed by atoms with Crippen molar-refractivity contribution < 1.29 is 18.5 Å². The van der Waals surface area contributed by atoms with Crippen LogP contribution in [0.2, 0.25) is 0 Å². The maximum Gasteiger partial charge on any atom is 0.307 e. The van der Waals surface area contributed by atoms with E-state index in [2.05, 4.69) is 10.4 Å². The summed E-state index contributed by atoms with van der Waals surface area (Å²) in [5.41, 5.74) is -0.632. The van der Waals surface area contributed by atoms with Gasteiger partial charge in [0, 0.05) is 30.1 Å². The van der Waals surface area contributed by atoms with Crippen LogP contribution in [0.15, 0.2) is 54.9 Å². The van der Waals surface area contributed by atoms with Gasteiger partial charge in [-0.05, 0) is 24.3 Å². The van der Waals surface area contributed by atoms with Crippen LogP contribution in [-0.2, 0) is 0 Å². The maximum atomic E-state index is 13.8. The summed E-state index contributed by atoms with van der Waals surface area (Å²) in [5.74, 6) is -3.13. The zero-order chi connectivity index (χ0) is 18.0. The Bertz CT molecular complexity index is 958. The van der Waals surface area contributed by atoms with Crippen LogP contribution >= 0.6 is 0 Å². The fraction of sp³-hybridized carbons (Fsp3) is 0. The molecule has 1 amide bonds. The van der Waals surface area contributed by atoms with Gasteiger partial charge in [0.05, 0.1) is 16.3 Å². The van der Waals surface area contributed by atoms with Crippen molar-refractivity contribution in [3.8, 4) is 5.69 Å². The maximum absolute atomic E-state index is 13.8. The SMILES string of the molecule is O=C(Nc1cc([N+](=O)[O-])c(F)cc1F)c1cccc(-n2cccn2)c1. The van der Waals surface area contributed by atoms with E-state index in [0.29, 0.717) is 17.8 Å². The number of carbonyl (C=O) groups excluding carboxylic acids is 1. The van der Waals surface area contributed by atoms with Crippen molar-refractivity contribution in [2.75, 3.05) is 5.32 Å². The van der Waals surface area contributed by atoms with Gasteiger partial charge in [-0.15, -0.1) is 0 Å². The molecule has 0 saturated heterocycles. The summed E-state index contributed by atoms with van der Waals surface area (Å²) in [5, 5.41) is 17.0. The molecule has 2 aromatic carbocycles. The van der Waals surface area contributed by atoms with Gasteiger partial charge in [-0.25, -0.2) is 9.07 Å². The number of nitro benzene ring substituents is 1. The summed E-state index contributed by atoms with van der Waals surface area (Å²) in [4.78, 5) is 22.0. The van der Waals surface area contributed by atoms with E-state index in [4.69, 9.17) is 0 Å². The van der Waals surface area contributed by atoms with Crippen LogP contribution in [0.4, 0.5) is 20.2 Å². The van der Waals surface area contributed by atoms with E-state index in [1.165, 1.54) is 16.8 Å². The van der Waals surface area contributed by atoms with Crippen LogP contribution in [0.3, 0.4) is 0 Å². The Morgan fingerprint density at radius 1 is 1.16 bits per heavy atom. The number of nitro groups is 1. The Morgan fingerprint density at radius 3 is 2.64 bits per heavy atom. The predicted octanol–water partition coefficient (Wildman–Crippen LogP) is 3.31. The van der Waals surface area contributed by atoms with E-state index >= 15 is 0 Å². The van der Waals surface area contributed by atoms with E-state index in [0.717, 1.165) is 0 Å². The number of aromatic nitrogens is 2. The molecule has 1 aromatic heterocycles. The van der Waals surface area contributed by atoms with Crippen LogP contribution in [0.25, 0.3) is 5.69 Å². The summed E-state index contributed by atoms with van der Waals surface area (Å²) < 4.78 is 28.7. The molecular weight excluding hydrogens is 334 g/mol. The number of hydrogen-bond donors (Lipinski definition) is 1. The lowest BCUT2D eigenvalue weighted by Gasteiger charge is -2.08. The lowest BCUT2D eigenvalue weighted by atomic mass is 10.1. The molecule has 0 bridgehead atoms. The van der Waals surface area contributed by atoms with Gasteiger partial charge in [0.1, 0.15) is 5.82 Å². The molecule has 0 fully saturated rings. The molecular formula is C16H10F2N4O3. The second kappa shape index (κ2) is 6.48. The average Bonchev–Trinajstić information content (AvgIpc) is 3.11. The van der Waals surface area contributed by atoms with E-state index in [-0.39, 0.29) is 5.56 Å². The van der Waals surface area contributed by atoms with Crippen molar-refractivity contribution in [2.45, 2.75) is 0 Å². The van der Waals surface area contributed by atoms with E-state index < -0.39 is 33.8 Å². The molecule has 9 heteroatoms. The molecule has 1 heterocycles. The zero-order valence-corrected chi connectivity index (χ0v) is 12.5. The van der Waals surface area contributed by atoms with Crippen LogP contribution in [0.1, 0.15) is 10.4 Å². The van der Waals surface area contributed by atoms with Gasteiger partial charge in [0.25, 0.3) is 5.91 Å². The highest BCUT2D eigenvalue weighted by atomic mass is 19.1. The smallest absolute Gasteiger partial charge is 0.307 e. The normalized spacial score (nSPS) is 10.5. The molecule has 0 spiro atoms. The average molecular weight is 344 g/mol. The fourth-order valence-electron chi connectivity index (χ4n) is 2.18. The summed E-state index contributed by atoms with van der Waals surface area (Å²) in [6, 6.07) is 9.02. The number of amides is 1. The molecule has 3 aromatic rings. The quantitative estimate of drug-likeness (QED) is 0.581. The van der Waals surface area contributed by atoms with Gasteiger partial charge in [-0.2, -0.15) is 9.49 Å². The highest BCUT2D eigenvalue weighted by molar-refractivity contribution is 6.04. The largest absolute Gasteiger partial charge is 0.319 e. The summed E-state index contributed by atoms with van der Waals surface area (Å²) in [6.45, 7) is 0. The second-order valence-electron chi connectivity index (χ2n) is 5.00. The van der Waals surface area contributed by atoms with Crippen LogP contribution in [-0.4, -0.2) is 20.6 Å². The monoisotopic (exact) mass is 344 g/mol. The molecule has 0 aliphatic rings. The van der Waals surface area contributed by atoms with Crippen molar-refractivity contribution in [3.05, 3.63) is 82.2 Å². The minimum Gasteiger partial charge on any atom is -0.319 e. The van der Waals surface area contributed by atoms with Gasteiger partial charge < -0.3 is 5.32 Å². The number of rotatable bonds is 4. The first-order valence-electron chi connectivity index (χ1n) is 7.00. The molecule has 7 nitrogen and oxygen atoms in total. The van der Waals surface area contributed by atoms with Gasteiger partial charge in [0.15, 0.2) is 0 Å². The molecule has 3 rings (SSSR count). The molecule has 126 valence electrons. The van der Waals surface area contributed by atoms with Crippen molar-refractivity contribution >= 4 is 17.3 Å². The summed E-state index contributed by atoms with van der Waals surface area (Å²) >= 11 is 0. The van der Waals surface area contributed by atoms with Gasteiger partial charge >= 0.3 is 5.69 Å². The lowest BCUT2D eigenvalue weighted by molar-refractivity contribution is -0.387. The molecule has 0 radical (unpaired) electrons. The second-order valence-corrected chi connectivity index (χ2v) is 5.00. The topological polar surface area (TPSA) is 90.1 Å². The van der Waals surface area contributed by atoms with Gasteiger partial charge in [-0.3, -0.25) is 14.9 Å². The van der Waals surface area contributed by atoms with Crippen LogP contribution in [0, 0.1) is 21.7 Å². The molecule has 0 aliphatic carbocycles. The number of carbonyl (C=O) groups is 1. The van der Waals surface area contributed by atoms with Crippen LogP contribution < -0.4 is 5.32 Å². The number of benzene rings is 2. The molecule has 0 unspecified atom stereocenters. The van der Waals surface area contributed by atoms with Gasteiger partial charge in [0.2, 0.25) is 5.82 Å². The standard InChI is InChI=1S/C16H10F2N4O3/c17-12-8-13(18)15(22(24)25)9-14(12)20-16(23)10-3-1-4-11(7-10)21-6-2-5-19-21/h1-9H,(H,20,23). The highest BCUT2D eigenvalue weighted by Gasteiger charge is 2.20. The first-order valence-corrected chi connectivity index (χ1v) is 7.00. The van der Waals surface area contributed by atoms with Crippen molar-refractivity contribution in [2.24, 2.45) is 0 Å². The number of hydrogen-bond acceptors (Lipinski definition) is 4. The van der Waals surface area contributed by atoms with Gasteiger partial charge in [-0.1, -0.05) is 6.07 Å². The minimum absolute atomic E-state index is 0.180. The number of halogens is 2. The first-order chi connectivity index (χ1) is 12.0. The summed E-state index contributed by atoms with van der Waals surface area (Å²) in [7, 11) is 0. The lowest BCUT2D eigenvalue weighted by Crippen LogP contribution is -2.14. The Hall–Kier alpha value is -3.62. The Morgan fingerprint density at radius 2 is 1.96 bits per heavy atom. The zero-order valence-electron chi connectivity index (χ0n) is 12.5. The fourth-order valence-corrected chi connectivity index (χ4v) is 2.18. The molecule has 0 aliphatic heterocycles. The molecule has 0 atom stereocenters. The van der Waals surface area contributed by atoms with E-state index in [9.17, 15) is 23.7 Å². The van der Waals surface area contributed by atoms with Crippen molar-refractivity contribution in [3.63, 3.8) is 0 Å². The Balaban J connectivity index is 1.89. The third kappa shape index (κ3) is 3.34. The highest BCUT2D eigenvalue weighted by Crippen LogP contribution is 2.25.